The van der Waals surface area contributed by atoms with Crippen LogP contribution in [0, 0.1) is 29.1 Å². The lowest BCUT2D eigenvalue weighted by Gasteiger charge is -2.36. The van der Waals surface area contributed by atoms with E-state index in [1.165, 1.54) is 0 Å². The molecule has 0 N–H and O–H groups in total. The monoisotopic (exact) mass is 381 g/mol. The summed E-state index contributed by atoms with van der Waals surface area (Å²) >= 11 is 0. The number of nitrogens with zero attached hydrogens (tertiary/aromatic N) is 3. The van der Waals surface area contributed by atoms with Crippen LogP contribution in [0.1, 0.15) is 17.2 Å². The van der Waals surface area contributed by atoms with Crippen molar-refractivity contribution in [2.24, 2.45) is 5.10 Å². The van der Waals surface area contributed by atoms with E-state index in [1.807, 2.05) is 24.3 Å². The van der Waals surface area contributed by atoms with Crippen LogP contribution in [0.3, 0.4) is 0 Å². The van der Waals surface area contributed by atoms with Crippen molar-refractivity contribution in [3.63, 3.8) is 0 Å². The molecule has 0 unspecified atom stereocenters. The van der Waals surface area contributed by atoms with Crippen LogP contribution in [0.4, 0.5) is 27.6 Å². The smallest absolute Gasteiger partial charge is 0.200 e. The van der Waals surface area contributed by atoms with Gasteiger partial charge in [0.1, 0.15) is 19.0 Å². The molecule has 2 atom stereocenters. The van der Waals surface area contributed by atoms with E-state index in [4.69, 9.17) is 4.74 Å². The van der Waals surface area contributed by atoms with Crippen LogP contribution in [-0.4, -0.2) is 30.1 Å². The highest BCUT2D eigenvalue weighted by atomic mass is 19.2. The lowest BCUT2D eigenvalue weighted by Crippen LogP contribution is -2.46. The number of hydrogen-bond donors (Lipinski definition) is 0. The minimum Gasteiger partial charge on any atom is -0.367 e. The van der Waals surface area contributed by atoms with Crippen molar-refractivity contribution in [3.8, 4) is 0 Å². The maximum atomic E-state index is 14.2. The summed E-state index contributed by atoms with van der Waals surface area (Å²) in [6, 6.07) is 7.49. The third kappa shape index (κ3) is 2.21. The van der Waals surface area contributed by atoms with Gasteiger partial charge in [0.15, 0.2) is 29.1 Å². The first kappa shape index (κ1) is 16.5. The summed E-state index contributed by atoms with van der Waals surface area (Å²) in [5, 5.41) is 4.87. The largest absolute Gasteiger partial charge is 0.367 e. The van der Waals surface area contributed by atoms with Crippen LogP contribution < -0.4 is 5.01 Å². The zero-order valence-corrected chi connectivity index (χ0v) is 13.7. The fraction of sp³-hybridized carbons (Fsp3) is 0.278. The second-order valence-electron chi connectivity index (χ2n) is 6.64. The van der Waals surface area contributed by atoms with Gasteiger partial charge in [-0.15, -0.1) is 0 Å². The van der Waals surface area contributed by atoms with Crippen molar-refractivity contribution in [1.29, 1.82) is 0 Å². The molecule has 1 saturated heterocycles. The number of anilines is 1. The highest BCUT2D eigenvalue weighted by molar-refractivity contribution is 5.88. The Kier molecular flexibility index (Phi) is 3.45. The summed E-state index contributed by atoms with van der Waals surface area (Å²) in [4.78, 5) is 1.79. The number of amidine groups is 1. The number of hydrogen-bond acceptors (Lipinski definition) is 4. The number of hydrazone groups is 1. The van der Waals surface area contributed by atoms with Crippen LogP contribution >= 0.6 is 0 Å². The first-order valence-corrected chi connectivity index (χ1v) is 8.30. The molecule has 5 rings (SSSR count). The lowest BCUT2D eigenvalue weighted by atomic mass is 10.1. The van der Waals surface area contributed by atoms with E-state index in [9.17, 15) is 22.0 Å². The average molecular weight is 381 g/mol. The molecule has 2 aromatic rings. The van der Waals surface area contributed by atoms with E-state index >= 15 is 0 Å². The third-order valence-corrected chi connectivity index (χ3v) is 5.21. The molecule has 3 aliphatic rings. The predicted molar refractivity (Wildman–Crippen MR) is 85.5 cm³/mol. The molecule has 0 amide bonds. The molecule has 9 heteroatoms. The van der Waals surface area contributed by atoms with E-state index < -0.39 is 34.8 Å². The summed E-state index contributed by atoms with van der Waals surface area (Å²) in [5.41, 5.74) is 1.05. The zero-order valence-electron chi connectivity index (χ0n) is 13.7. The van der Waals surface area contributed by atoms with Crippen molar-refractivity contribution in [2.45, 2.75) is 18.6 Å². The van der Waals surface area contributed by atoms with Crippen LogP contribution in [0.5, 0.6) is 0 Å². The molecule has 0 radical (unpaired) electrons. The molecular weight excluding hydrogens is 369 g/mol. The molecule has 0 aromatic heterocycles. The SMILES string of the molecule is Fc1c(F)c(F)c(N2CN3C(=N2)CO[C@H]2Cc4ccccc4[C@H]23)c(F)c1F. The maximum Gasteiger partial charge on any atom is 0.200 e. The minimum absolute atomic E-state index is 0.0983. The molecule has 0 saturated carbocycles. The van der Waals surface area contributed by atoms with Crippen LogP contribution in [0.2, 0.25) is 0 Å². The van der Waals surface area contributed by atoms with Gasteiger partial charge in [0.2, 0.25) is 5.82 Å². The average Bonchev–Trinajstić information content (AvgIpc) is 3.25. The second-order valence-corrected chi connectivity index (χ2v) is 6.64. The number of morpholine rings is 1. The predicted octanol–water partition coefficient (Wildman–Crippen LogP) is 3.47. The van der Waals surface area contributed by atoms with E-state index in [2.05, 4.69) is 5.10 Å². The molecule has 1 fully saturated rings. The van der Waals surface area contributed by atoms with Gasteiger partial charge in [0.05, 0.1) is 12.1 Å². The van der Waals surface area contributed by atoms with Gasteiger partial charge in [-0.1, -0.05) is 24.3 Å². The van der Waals surface area contributed by atoms with Gasteiger partial charge < -0.3 is 9.64 Å². The van der Waals surface area contributed by atoms with Gasteiger partial charge in [0.25, 0.3) is 0 Å². The molecule has 1 aliphatic carbocycles. The molecule has 2 aliphatic heterocycles. The Hall–Kier alpha value is -2.68. The summed E-state index contributed by atoms with van der Waals surface area (Å²) in [6.07, 6.45) is 0.533. The summed E-state index contributed by atoms with van der Waals surface area (Å²) in [5.74, 6) is -9.59. The van der Waals surface area contributed by atoms with Gasteiger partial charge in [-0.25, -0.2) is 27.0 Å². The van der Waals surface area contributed by atoms with Gasteiger partial charge in [-0.2, -0.15) is 5.10 Å². The number of rotatable bonds is 1. The van der Waals surface area contributed by atoms with Crippen LogP contribution in [0.15, 0.2) is 29.4 Å². The third-order valence-electron chi connectivity index (χ3n) is 5.21. The number of benzene rings is 2. The Morgan fingerprint density at radius 1 is 0.926 bits per heavy atom. The number of halogens is 5. The first-order chi connectivity index (χ1) is 13.0. The van der Waals surface area contributed by atoms with Crippen LogP contribution in [0.25, 0.3) is 0 Å². The van der Waals surface area contributed by atoms with Crippen molar-refractivity contribution in [3.05, 3.63) is 64.5 Å². The normalized spacial score (nSPS) is 23.2. The second kappa shape index (κ2) is 5.66. The zero-order chi connectivity index (χ0) is 18.9. The molecule has 2 aromatic carbocycles. The van der Waals surface area contributed by atoms with Gasteiger partial charge >= 0.3 is 0 Å². The molecule has 2 heterocycles. The van der Waals surface area contributed by atoms with Crippen molar-refractivity contribution < 1.29 is 26.7 Å². The van der Waals surface area contributed by atoms with Crippen molar-refractivity contribution >= 4 is 11.5 Å². The van der Waals surface area contributed by atoms with Gasteiger partial charge in [-0.05, 0) is 11.1 Å². The Morgan fingerprint density at radius 2 is 1.59 bits per heavy atom. The fourth-order valence-electron chi connectivity index (χ4n) is 3.99. The van der Waals surface area contributed by atoms with E-state index in [1.54, 1.807) is 4.90 Å². The van der Waals surface area contributed by atoms with Gasteiger partial charge in [-0.3, -0.25) is 0 Å². The lowest BCUT2D eigenvalue weighted by molar-refractivity contribution is 0.00535. The number of fused-ring (bicyclic) bond motifs is 5. The highest BCUT2D eigenvalue weighted by Gasteiger charge is 2.46. The molecule has 0 spiro atoms. The Labute approximate surface area is 150 Å². The molecule has 4 nitrogen and oxygen atoms in total. The maximum absolute atomic E-state index is 14.2. The number of ether oxygens (including phenoxy) is 1. The van der Waals surface area contributed by atoms with Crippen molar-refractivity contribution in [2.75, 3.05) is 18.3 Å². The first-order valence-electron chi connectivity index (χ1n) is 8.30. The fourth-order valence-corrected chi connectivity index (χ4v) is 3.99. The molecule has 27 heavy (non-hydrogen) atoms. The Morgan fingerprint density at radius 3 is 2.33 bits per heavy atom. The summed E-state index contributed by atoms with van der Waals surface area (Å²) < 4.78 is 74.6. The highest BCUT2D eigenvalue weighted by Crippen LogP contribution is 2.43. The van der Waals surface area contributed by atoms with E-state index in [-0.39, 0.29) is 25.4 Å². The summed E-state index contributed by atoms with van der Waals surface area (Å²) in [6.45, 7) is -0.0341. The van der Waals surface area contributed by atoms with E-state index in [0.717, 1.165) is 16.1 Å². The standard InChI is InChI=1S/C18H12F5N3O/c19-12-13(20)15(22)18(16(23)14(12)21)26-7-25-11(24-26)6-27-10-5-8-3-1-2-4-9(8)17(10)25/h1-4,10,17H,5-7H2/t10-,17+/m0/s1. The van der Waals surface area contributed by atoms with Crippen molar-refractivity contribution in [1.82, 2.24) is 4.90 Å². The van der Waals surface area contributed by atoms with Crippen LogP contribution in [-0.2, 0) is 11.2 Å². The Balaban J connectivity index is 1.55. The van der Waals surface area contributed by atoms with E-state index in [0.29, 0.717) is 12.3 Å². The van der Waals surface area contributed by atoms with Gasteiger partial charge in [0, 0.05) is 6.42 Å². The molecule has 0 bridgehead atoms. The quantitative estimate of drug-likeness (QED) is 0.430. The Bertz CT molecular complexity index is 966. The summed E-state index contributed by atoms with van der Waals surface area (Å²) in [7, 11) is 0. The minimum atomic E-state index is -2.19. The molecular formula is C18H12F5N3O. The molecule has 140 valence electrons. The topological polar surface area (TPSA) is 28.1 Å².